The maximum absolute atomic E-state index is 10.8. The second-order valence-corrected chi connectivity index (χ2v) is 7.12. The number of hydrogen-bond donors (Lipinski definition) is 1. The zero-order valence-corrected chi connectivity index (χ0v) is 16.4. The lowest BCUT2D eigenvalue weighted by Crippen LogP contribution is -2.12. The molecule has 1 aliphatic heterocycles. The number of hydrogen-bond acceptors (Lipinski definition) is 4. The third kappa shape index (κ3) is 4.75. The predicted octanol–water partition coefficient (Wildman–Crippen LogP) is 4.54. The van der Waals surface area contributed by atoms with Gasteiger partial charge in [-0.1, -0.05) is 12.1 Å². The number of carbonyl (C=O) groups is 1. The van der Waals surface area contributed by atoms with E-state index in [4.69, 9.17) is 9.84 Å². The molecule has 0 saturated carbocycles. The Hall–Kier alpha value is -2.08. The number of carboxylic acids is 1. The van der Waals surface area contributed by atoms with Crippen molar-refractivity contribution in [2.24, 2.45) is 0 Å². The van der Waals surface area contributed by atoms with Crippen LogP contribution >= 0.6 is 23.7 Å². The van der Waals surface area contributed by atoms with Crippen molar-refractivity contribution in [1.29, 1.82) is 0 Å². The molecule has 0 unspecified atom stereocenters. The van der Waals surface area contributed by atoms with Crippen LogP contribution in [0.15, 0.2) is 41.8 Å². The summed E-state index contributed by atoms with van der Waals surface area (Å²) in [5, 5.41) is 10.9. The number of thiophene rings is 1. The van der Waals surface area contributed by atoms with E-state index >= 15 is 0 Å². The molecule has 0 atom stereocenters. The highest BCUT2D eigenvalue weighted by Gasteiger charge is 2.20. The number of rotatable bonds is 5. The summed E-state index contributed by atoms with van der Waals surface area (Å²) < 4.78 is 5.99. The lowest BCUT2D eigenvalue weighted by molar-refractivity contribution is -0.131. The van der Waals surface area contributed by atoms with Crippen LogP contribution in [0.3, 0.4) is 0 Å². The van der Waals surface area contributed by atoms with Crippen molar-refractivity contribution in [3.63, 3.8) is 0 Å². The summed E-state index contributed by atoms with van der Waals surface area (Å²) in [5.41, 5.74) is 4.24. The Kier molecular flexibility index (Phi) is 7.03. The molecule has 1 aromatic carbocycles. The largest absolute Gasteiger partial charge is 0.488 e. The van der Waals surface area contributed by atoms with Gasteiger partial charge >= 0.3 is 5.97 Å². The van der Waals surface area contributed by atoms with Crippen molar-refractivity contribution in [3.8, 4) is 5.75 Å². The molecule has 0 spiro atoms. The molecule has 1 aliphatic rings. The first-order valence-corrected chi connectivity index (χ1v) is 9.02. The van der Waals surface area contributed by atoms with Crippen molar-refractivity contribution in [2.45, 2.75) is 13.0 Å². The minimum atomic E-state index is -0.950. The fourth-order valence-corrected chi connectivity index (χ4v) is 3.76. The van der Waals surface area contributed by atoms with Crippen LogP contribution in [-0.2, 0) is 11.4 Å². The number of halogens is 1. The van der Waals surface area contributed by atoms with Gasteiger partial charge in [-0.25, -0.2) is 4.79 Å². The Morgan fingerprint density at radius 3 is 2.88 bits per heavy atom. The number of ether oxygens (including phenoxy) is 1. The van der Waals surface area contributed by atoms with Gasteiger partial charge in [-0.2, -0.15) is 0 Å². The summed E-state index contributed by atoms with van der Waals surface area (Å²) in [6, 6.07) is 7.92. The lowest BCUT2D eigenvalue weighted by atomic mass is 9.98. The summed E-state index contributed by atoms with van der Waals surface area (Å²) >= 11 is 1.72. The highest BCUT2D eigenvalue weighted by molar-refractivity contribution is 7.11. The van der Waals surface area contributed by atoms with E-state index in [1.54, 1.807) is 17.4 Å². The molecule has 0 aliphatic carbocycles. The number of carboxylic acid groups (broad SMARTS) is 1. The molecule has 0 bridgehead atoms. The van der Waals surface area contributed by atoms with Crippen LogP contribution in [0.5, 0.6) is 5.75 Å². The number of fused-ring (bicyclic) bond motifs is 2. The first kappa shape index (κ1) is 20.2. The molecule has 138 valence electrons. The quantitative estimate of drug-likeness (QED) is 0.760. The molecule has 0 radical (unpaired) electrons. The minimum absolute atomic E-state index is 0. The molecule has 1 aromatic heterocycles. The van der Waals surface area contributed by atoms with Crippen LogP contribution < -0.4 is 4.74 Å². The van der Waals surface area contributed by atoms with Crippen molar-refractivity contribution in [2.75, 3.05) is 20.6 Å². The molecule has 0 saturated heterocycles. The Balaban J connectivity index is 0.00000243. The Morgan fingerprint density at radius 1 is 1.35 bits per heavy atom. The van der Waals surface area contributed by atoms with Gasteiger partial charge in [0.25, 0.3) is 0 Å². The standard InChI is InChI=1S/C20H21NO3S.ClH/c1-21(2)10-3-4-16-17-12-14(6-8-19(22)23)5-7-18(17)24-13-15-9-11-25-20(15)16;/h4-9,11-12H,3,10,13H2,1-2H3,(H,22,23);1H/b8-6+,16-4-;. The molecule has 26 heavy (non-hydrogen) atoms. The van der Waals surface area contributed by atoms with E-state index < -0.39 is 5.97 Å². The van der Waals surface area contributed by atoms with Gasteiger partial charge in [0.2, 0.25) is 0 Å². The molecule has 2 aromatic rings. The first-order chi connectivity index (χ1) is 12.0. The first-order valence-electron chi connectivity index (χ1n) is 8.14. The summed E-state index contributed by atoms with van der Waals surface area (Å²) in [5.74, 6) is -0.111. The van der Waals surface area contributed by atoms with E-state index in [9.17, 15) is 4.79 Å². The summed E-state index contributed by atoms with van der Waals surface area (Å²) in [6.07, 6.45) is 5.97. The summed E-state index contributed by atoms with van der Waals surface area (Å²) in [4.78, 5) is 14.2. The third-order valence-electron chi connectivity index (χ3n) is 4.01. The second kappa shape index (κ2) is 9.03. The smallest absolute Gasteiger partial charge is 0.328 e. The van der Waals surface area contributed by atoms with Gasteiger partial charge in [0.1, 0.15) is 12.4 Å². The maximum atomic E-state index is 10.8. The predicted molar refractivity (Wildman–Crippen MR) is 109 cm³/mol. The van der Waals surface area contributed by atoms with E-state index in [-0.39, 0.29) is 12.4 Å². The highest BCUT2D eigenvalue weighted by atomic mass is 35.5. The van der Waals surface area contributed by atoms with Gasteiger partial charge in [0.05, 0.1) is 0 Å². The number of benzene rings is 1. The average Bonchev–Trinajstić information content (AvgIpc) is 2.98. The topological polar surface area (TPSA) is 49.8 Å². The second-order valence-electron chi connectivity index (χ2n) is 6.20. The van der Waals surface area contributed by atoms with Crippen LogP contribution in [-0.4, -0.2) is 36.6 Å². The van der Waals surface area contributed by atoms with Gasteiger partial charge in [-0.15, -0.1) is 23.7 Å². The van der Waals surface area contributed by atoms with E-state index in [1.165, 1.54) is 16.0 Å². The van der Waals surface area contributed by atoms with Crippen LogP contribution in [0.2, 0.25) is 0 Å². The van der Waals surface area contributed by atoms with Crippen LogP contribution in [0.25, 0.3) is 11.6 Å². The van der Waals surface area contributed by atoms with Gasteiger partial charge in [-0.3, -0.25) is 0 Å². The highest BCUT2D eigenvalue weighted by Crippen LogP contribution is 2.40. The van der Waals surface area contributed by atoms with Gasteiger partial charge in [0, 0.05) is 28.6 Å². The van der Waals surface area contributed by atoms with Crippen molar-refractivity contribution in [1.82, 2.24) is 4.90 Å². The van der Waals surface area contributed by atoms with Crippen LogP contribution in [0.4, 0.5) is 0 Å². The van der Waals surface area contributed by atoms with E-state index in [0.29, 0.717) is 6.61 Å². The van der Waals surface area contributed by atoms with Gasteiger partial charge < -0.3 is 14.7 Å². The molecular weight excluding hydrogens is 370 g/mol. The lowest BCUT2D eigenvalue weighted by Gasteiger charge is -2.12. The Labute approximate surface area is 163 Å². The third-order valence-corrected chi connectivity index (χ3v) is 5.00. The fraction of sp³-hybridized carbons (Fsp3) is 0.250. The summed E-state index contributed by atoms with van der Waals surface area (Å²) in [7, 11) is 4.13. The molecule has 3 rings (SSSR count). The fourth-order valence-electron chi connectivity index (χ4n) is 2.79. The van der Waals surface area contributed by atoms with Crippen LogP contribution in [0.1, 0.15) is 28.0 Å². The average molecular weight is 392 g/mol. The van der Waals surface area contributed by atoms with Gasteiger partial charge in [-0.05, 0) is 61.3 Å². The molecule has 2 heterocycles. The monoisotopic (exact) mass is 391 g/mol. The van der Waals surface area contributed by atoms with E-state index in [2.05, 4.69) is 36.5 Å². The summed E-state index contributed by atoms with van der Waals surface area (Å²) in [6.45, 7) is 1.53. The molecule has 1 N–H and O–H groups in total. The van der Waals surface area contributed by atoms with Crippen molar-refractivity contribution < 1.29 is 14.6 Å². The molecule has 0 fully saturated rings. The maximum Gasteiger partial charge on any atom is 0.328 e. The normalized spacial score (nSPS) is 14.5. The van der Waals surface area contributed by atoms with Crippen LogP contribution in [0, 0.1) is 0 Å². The van der Waals surface area contributed by atoms with Crippen molar-refractivity contribution >= 4 is 41.4 Å². The van der Waals surface area contributed by atoms with E-state index in [1.807, 2.05) is 18.2 Å². The van der Waals surface area contributed by atoms with E-state index in [0.717, 1.165) is 35.9 Å². The molecule has 4 nitrogen and oxygen atoms in total. The molecule has 6 heteroatoms. The molecular formula is C20H22ClNO3S. The SMILES string of the molecule is CN(C)CC/C=C1/c2cc(/C=C/C(=O)O)ccc2OCc2ccsc21.Cl. The number of aliphatic carboxylic acids is 1. The minimum Gasteiger partial charge on any atom is -0.488 e. The Bertz CT molecular complexity index is 839. The zero-order chi connectivity index (χ0) is 17.8. The Morgan fingerprint density at radius 2 is 2.15 bits per heavy atom. The zero-order valence-electron chi connectivity index (χ0n) is 14.8. The van der Waals surface area contributed by atoms with Crippen molar-refractivity contribution in [3.05, 3.63) is 63.4 Å². The van der Waals surface area contributed by atoms with Gasteiger partial charge in [0.15, 0.2) is 0 Å². The molecule has 0 amide bonds. The number of nitrogens with zero attached hydrogens (tertiary/aromatic N) is 1.